The third kappa shape index (κ3) is 4.66. The number of hydrogen-bond acceptors (Lipinski definition) is 2. The summed E-state index contributed by atoms with van der Waals surface area (Å²) < 4.78 is 0. The fourth-order valence-electron chi connectivity index (χ4n) is 1.64. The fourth-order valence-corrected chi connectivity index (χ4v) is 1.64. The lowest BCUT2D eigenvalue weighted by atomic mass is 10.0. The molecular weight excluding hydrogens is 204 g/mol. The van der Waals surface area contributed by atoms with E-state index in [1.165, 1.54) is 0 Å². The van der Waals surface area contributed by atoms with E-state index in [9.17, 15) is 9.90 Å². The Morgan fingerprint density at radius 1 is 1.44 bits per heavy atom. The van der Waals surface area contributed by atoms with Crippen LogP contribution >= 0.6 is 0 Å². The zero-order valence-electron chi connectivity index (χ0n) is 10.1. The predicted molar refractivity (Wildman–Crippen MR) is 64.2 cm³/mol. The number of hydrogen-bond donors (Lipinski definition) is 3. The van der Waals surface area contributed by atoms with Crippen LogP contribution in [0.3, 0.4) is 0 Å². The largest absolute Gasteiger partial charge is 0.393 e. The SMILES string of the molecule is CC(C)C(O)CCNC(=O)NC1CC=CC1. The number of nitrogens with one attached hydrogen (secondary N) is 2. The lowest BCUT2D eigenvalue weighted by Gasteiger charge is -2.16. The quantitative estimate of drug-likeness (QED) is 0.621. The van der Waals surface area contributed by atoms with Gasteiger partial charge < -0.3 is 15.7 Å². The van der Waals surface area contributed by atoms with Gasteiger partial charge in [0.2, 0.25) is 0 Å². The molecule has 3 N–H and O–H groups in total. The van der Waals surface area contributed by atoms with Gasteiger partial charge in [-0.3, -0.25) is 0 Å². The Morgan fingerprint density at radius 3 is 2.62 bits per heavy atom. The Bertz CT molecular complexity index is 243. The van der Waals surface area contributed by atoms with E-state index in [2.05, 4.69) is 22.8 Å². The average Bonchev–Trinajstić information content (AvgIpc) is 2.70. The zero-order valence-corrected chi connectivity index (χ0v) is 10.1. The number of aliphatic hydroxyl groups excluding tert-OH is 1. The number of urea groups is 1. The van der Waals surface area contributed by atoms with Gasteiger partial charge in [-0.1, -0.05) is 26.0 Å². The summed E-state index contributed by atoms with van der Waals surface area (Å²) in [7, 11) is 0. The van der Waals surface area contributed by atoms with Crippen molar-refractivity contribution in [2.45, 2.75) is 45.3 Å². The molecule has 0 fully saturated rings. The first-order chi connectivity index (χ1) is 7.59. The highest BCUT2D eigenvalue weighted by Gasteiger charge is 2.13. The summed E-state index contributed by atoms with van der Waals surface area (Å²) in [5, 5.41) is 15.2. The van der Waals surface area contributed by atoms with E-state index < -0.39 is 0 Å². The molecule has 4 heteroatoms. The van der Waals surface area contributed by atoms with Crippen LogP contribution in [0.4, 0.5) is 4.79 Å². The molecule has 16 heavy (non-hydrogen) atoms. The minimum Gasteiger partial charge on any atom is -0.393 e. The standard InChI is InChI=1S/C12H22N2O2/c1-9(2)11(15)7-8-13-12(16)14-10-5-3-4-6-10/h3-4,9-11,15H,5-8H2,1-2H3,(H2,13,14,16). The minimum absolute atomic E-state index is 0.135. The smallest absolute Gasteiger partial charge is 0.315 e. The van der Waals surface area contributed by atoms with Gasteiger partial charge in [0.15, 0.2) is 0 Å². The first kappa shape index (κ1) is 13.0. The molecule has 1 aliphatic carbocycles. The molecule has 1 aliphatic rings. The second kappa shape index (κ2) is 6.53. The van der Waals surface area contributed by atoms with E-state index in [1.54, 1.807) is 0 Å². The number of carbonyl (C=O) groups excluding carboxylic acids is 1. The van der Waals surface area contributed by atoms with Crippen molar-refractivity contribution < 1.29 is 9.90 Å². The lowest BCUT2D eigenvalue weighted by Crippen LogP contribution is -2.42. The molecule has 2 amide bonds. The molecule has 0 saturated carbocycles. The maximum atomic E-state index is 11.4. The summed E-state index contributed by atoms with van der Waals surface area (Å²) in [4.78, 5) is 11.4. The van der Waals surface area contributed by atoms with Gasteiger partial charge in [0, 0.05) is 12.6 Å². The molecule has 1 rings (SSSR count). The molecule has 0 bridgehead atoms. The molecule has 92 valence electrons. The van der Waals surface area contributed by atoms with Crippen molar-refractivity contribution in [3.8, 4) is 0 Å². The van der Waals surface area contributed by atoms with E-state index >= 15 is 0 Å². The van der Waals surface area contributed by atoms with E-state index in [1.807, 2.05) is 13.8 Å². The van der Waals surface area contributed by atoms with Crippen LogP contribution in [-0.4, -0.2) is 29.8 Å². The van der Waals surface area contributed by atoms with Crippen LogP contribution in [0, 0.1) is 5.92 Å². The van der Waals surface area contributed by atoms with Crippen molar-refractivity contribution in [1.29, 1.82) is 0 Å². The summed E-state index contributed by atoms with van der Waals surface area (Å²) >= 11 is 0. The van der Waals surface area contributed by atoms with Crippen LogP contribution in [0.25, 0.3) is 0 Å². The first-order valence-corrected chi connectivity index (χ1v) is 5.97. The van der Waals surface area contributed by atoms with Crippen LogP contribution < -0.4 is 10.6 Å². The molecular formula is C12H22N2O2. The summed E-state index contributed by atoms with van der Waals surface area (Å²) in [5.74, 6) is 0.240. The van der Waals surface area contributed by atoms with Gasteiger partial charge in [-0.15, -0.1) is 0 Å². The van der Waals surface area contributed by atoms with Gasteiger partial charge in [0.05, 0.1) is 6.10 Å². The second-order valence-corrected chi connectivity index (χ2v) is 4.64. The third-order valence-corrected chi connectivity index (χ3v) is 2.84. The normalized spacial score (nSPS) is 17.8. The topological polar surface area (TPSA) is 61.4 Å². The molecule has 0 radical (unpaired) electrons. The van der Waals surface area contributed by atoms with Gasteiger partial charge in [-0.2, -0.15) is 0 Å². The molecule has 1 atom stereocenters. The maximum absolute atomic E-state index is 11.4. The number of carbonyl (C=O) groups is 1. The van der Waals surface area contributed by atoms with Crippen molar-refractivity contribution in [1.82, 2.24) is 10.6 Å². The summed E-state index contributed by atoms with van der Waals surface area (Å²) in [6, 6.07) is 0.111. The van der Waals surface area contributed by atoms with Crippen molar-refractivity contribution >= 4 is 6.03 Å². The average molecular weight is 226 g/mol. The molecule has 4 nitrogen and oxygen atoms in total. The Balaban J connectivity index is 2.06. The van der Waals surface area contributed by atoms with Crippen LogP contribution in [0.15, 0.2) is 12.2 Å². The van der Waals surface area contributed by atoms with Crippen molar-refractivity contribution in [3.05, 3.63) is 12.2 Å². The number of amides is 2. The summed E-state index contributed by atoms with van der Waals surface area (Å²) in [6.45, 7) is 4.45. The molecule has 0 aromatic heterocycles. The third-order valence-electron chi connectivity index (χ3n) is 2.84. The molecule has 0 aromatic rings. The fraction of sp³-hybridized carbons (Fsp3) is 0.750. The van der Waals surface area contributed by atoms with Crippen LogP contribution in [-0.2, 0) is 0 Å². The predicted octanol–water partition coefficient (Wildman–Crippen LogP) is 1.41. The van der Waals surface area contributed by atoms with Gasteiger partial charge in [-0.05, 0) is 25.2 Å². The molecule has 0 heterocycles. The minimum atomic E-state index is -0.339. The van der Waals surface area contributed by atoms with Gasteiger partial charge in [0.1, 0.15) is 0 Å². The highest BCUT2D eigenvalue weighted by molar-refractivity contribution is 5.74. The Labute approximate surface area is 97.1 Å². The van der Waals surface area contributed by atoms with E-state index in [0.717, 1.165) is 12.8 Å². The number of aliphatic hydroxyl groups is 1. The Kier molecular flexibility index (Phi) is 5.32. The second-order valence-electron chi connectivity index (χ2n) is 4.64. The van der Waals surface area contributed by atoms with Crippen LogP contribution in [0.5, 0.6) is 0 Å². The first-order valence-electron chi connectivity index (χ1n) is 5.97. The summed E-state index contributed by atoms with van der Waals surface area (Å²) in [5.41, 5.74) is 0. The highest BCUT2D eigenvalue weighted by Crippen LogP contribution is 2.08. The molecule has 0 spiro atoms. The maximum Gasteiger partial charge on any atom is 0.315 e. The van der Waals surface area contributed by atoms with Crippen molar-refractivity contribution in [2.75, 3.05) is 6.54 Å². The van der Waals surface area contributed by atoms with Gasteiger partial charge in [0.25, 0.3) is 0 Å². The van der Waals surface area contributed by atoms with E-state index in [0.29, 0.717) is 13.0 Å². The van der Waals surface area contributed by atoms with Crippen molar-refractivity contribution in [3.63, 3.8) is 0 Å². The van der Waals surface area contributed by atoms with Gasteiger partial charge >= 0.3 is 6.03 Å². The van der Waals surface area contributed by atoms with Crippen molar-refractivity contribution in [2.24, 2.45) is 5.92 Å². The highest BCUT2D eigenvalue weighted by atomic mass is 16.3. The molecule has 1 unspecified atom stereocenters. The van der Waals surface area contributed by atoms with Crippen LogP contribution in [0.1, 0.15) is 33.1 Å². The van der Waals surface area contributed by atoms with Crippen LogP contribution in [0.2, 0.25) is 0 Å². The Hall–Kier alpha value is -1.03. The van der Waals surface area contributed by atoms with E-state index in [4.69, 9.17) is 0 Å². The molecule has 0 aromatic carbocycles. The monoisotopic (exact) mass is 226 g/mol. The lowest BCUT2D eigenvalue weighted by molar-refractivity contribution is 0.116. The molecule has 0 saturated heterocycles. The van der Waals surface area contributed by atoms with Gasteiger partial charge in [-0.25, -0.2) is 4.79 Å². The summed E-state index contributed by atoms with van der Waals surface area (Å²) in [6.07, 6.45) is 6.26. The molecule has 0 aliphatic heterocycles. The number of rotatable bonds is 5. The van der Waals surface area contributed by atoms with E-state index in [-0.39, 0.29) is 24.1 Å². The zero-order chi connectivity index (χ0) is 12.0. The Morgan fingerprint density at radius 2 is 2.06 bits per heavy atom.